The number of halogens is 1. The van der Waals surface area contributed by atoms with Gasteiger partial charge in [0.25, 0.3) is 0 Å². The molecule has 0 bridgehead atoms. The van der Waals surface area contributed by atoms with E-state index in [2.05, 4.69) is 22.6 Å². The fourth-order valence-electron chi connectivity index (χ4n) is 5.75. The summed E-state index contributed by atoms with van der Waals surface area (Å²) >= 11 is 0. The van der Waals surface area contributed by atoms with Crippen LogP contribution in [0.5, 0.6) is 5.75 Å². The summed E-state index contributed by atoms with van der Waals surface area (Å²) in [5.74, 6) is 1.15. The maximum atomic E-state index is 11.6. The molecule has 2 atom stereocenters. The summed E-state index contributed by atoms with van der Waals surface area (Å²) in [7, 11) is 1.40. The van der Waals surface area contributed by atoms with E-state index in [4.69, 9.17) is 20.2 Å². The quantitative estimate of drug-likeness (QED) is 0.616. The molecule has 1 saturated heterocycles. The van der Waals surface area contributed by atoms with Crippen molar-refractivity contribution < 1.29 is 17.9 Å². The van der Waals surface area contributed by atoms with Gasteiger partial charge in [-0.05, 0) is 54.9 Å². The van der Waals surface area contributed by atoms with Crippen LogP contribution < -0.4 is 4.74 Å². The van der Waals surface area contributed by atoms with Gasteiger partial charge in [-0.2, -0.15) is 8.42 Å². The van der Waals surface area contributed by atoms with Gasteiger partial charge in [0.05, 0.1) is 0 Å². The summed E-state index contributed by atoms with van der Waals surface area (Å²) < 4.78 is 39.4. The summed E-state index contributed by atoms with van der Waals surface area (Å²) in [5.41, 5.74) is 2.88. The van der Waals surface area contributed by atoms with Crippen LogP contribution in [0.15, 0.2) is 52.9 Å². The number of benzene rings is 2. The van der Waals surface area contributed by atoms with Crippen LogP contribution >= 0.6 is 10.7 Å². The molecule has 7 heteroatoms. The molecule has 0 radical (unpaired) electrons. The predicted octanol–water partition coefficient (Wildman–Crippen LogP) is 5.06. The summed E-state index contributed by atoms with van der Waals surface area (Å²) in [4.78, 5) is 0. The fraction of sp³-hybridized carbons (Fsp3) is 0.435. The summed E-state index contributed by atoms with van der Waals surface area (Å²) in [5, 5.41) is 0. The number of hydrogen-bond donors (Lipinski definition) is 0. The lowest BCUT2D eigenvalue weighted by molar-refractivity contribution is -0.0328. The Balaban J connectivity index is 1.54. The van der Waals surface area contributed by atoms with Gasteiger partial charge in [0, 0.05) is 22.5 Å². The van der Waals surface area contributed by atoms with E-state index in [0.717, 1.165) is 49.8 Å². The van der Waals surface area contributed by atoms with Crippen molar-refractivity contribution in [1.82, 2.24) is 0 Å². The molecule has 2 aromatic carbocycles. The molecule has 0 aromatic heterocycles. The Morgan fingerprint density at radius 1 is 1.03 bits per heavy atom. The van der Waals surface area contributed by atoms with Crippen LogP contribution in [0.1, 0.15) is 55.2 Å². The predicted molar refractivity (Wildman–Crippen MR) is 116 cm³/mol. The van der Waals surface area contributed by atoms with Crippen molar-refractivity contribution in [2.24, 2.45) is 4.40 Å². The highest BCUT2D eigenvalue weighted by Crippen LogP contribution is 2.61. The Labute approximate surface area is 181 Å². The van der Waals surface area contributed by atoms with E-state index in [1.54, 1.807) is 0 Å². The van der Waals surface area contributed by atoms with Crippen LogP contribution in [-0.2, 0) is 32.4 Å². The van der Waals surface area contributed by atoms with Gasteiger partial charge in [-0.15, -0.1) is 4.40 Å². The first-order valence-corrected chi connectivity index (χ1v) is 12.7. The minimum atomic E-state index is -4.01. The second kappa shape index (κ2) is 7.27. The lowest BCUT2D eigenvalue weighted by Gasteiger charge is -2.51. The summed E-state index contributed by atoms with van der Waals surface area (Å²) in [6.07, 6.45) is 6.14. The van der Waals surface area contributed by atoms with Crippen LogP contribution in [-0.4, -0.2) is 19.9 Å². The molecule has 5 nitrogen and oxygen atoms in total. The van der Waals surface area contributed by atoms with E-state index < -0.39 is 14.8 Å². The zero-order chi connectivity index (χ0) is 20.8. The molecule has 2 fully saturated rings. The number of rotatable bonds is 4. The highest BCUT2D eigenvalue weighted by atomic mass is 35.7. The fourth-order valence-corrected chi connectivity index (χ4v) is 6.33. The SMILES string of the molecule is O=S(=O)(Cl)N=C1CC23CCCCC2(CCc2c(OCc4ccccc4)cccc23)O1. The molecule has 3 aliphatic rings. The van der Waals surface area contributed by atoms with E-state index in [9.17, 15) is 8.42 Å². The highest BCUT2D eigenvalue weighted by Gasteiger charge is 2.63. The highest BCUT2D eigenvalue weighted by molar-refractivity contribution is 8.12. The first-order chi connectivity index (χ1) is 14.4. The summed E-state index contributed by atoms with van der Waals surface area (Å²) in [6, 6.07) is 16.3. The molecule has 0 N–H and O–H groups in total. The van der Waals surface area contributed by atoms with E-state index in [0.29, 0.717) is 13.0 Å². The average molecular weight is 446 g/mol. The lowest BCUT2D eigenvalue weighted by Crippen LogP contribution is -2.53. The van der Waals surface area contributed by atoms with Crippen molar-refractivity contribution in [3.8, 4) is 5.75 Å². The van der Waals surface area contributed by atoms with Gasteiger partial charge in [-0.3, -0.25) is 0 Å². The zero-order valence-electron chi connectivity index (χ0n) is 16.6. The number of nitrogens with zero attached hydrogens (tertiary/aromatic N) is 1. The Hall–Kier alpha value is -2.05. The van der Waals surface area contributed by atoms with E-state index in [-0.39, 0.29) is 11.3 Å². The molecule has 30 heavy (non-hydrogen) atoms. The van der Waals surface area contributed by atoms with Crippen molar-refractivity contribution >= 4 is 25.8 Å². The van der Waals surface area contributed by atoms with Gasteiger partial charge in [0.2, 0.25) is 5.90 Å². The molecule has 2 unspecified atom stereocenters. The van der Waals surface area contributed by atoms with E-state index in [1.807, 2.05) is 30.3 Å². The zero-order valence-corrected chi connectivity index (χ0v) is 18.2. The average Bonchev–Trinajstić information content (AvgIpc) is 3.06. The van der Waals surface area contributed by atoms with Crippen molar-refractivity contribution in [1.29, 1.82) is 0 Å². The van der Waals surface area contributed by atoms with Crippen LogP contribution in [0.4, 0.5) is 0 Å². The molecule has 1 saturated carbocycles. The molecule has 1 aliphatic heterocycles. The maximum absolute atomic E-state index is 11.6. The van der Waals surface area contributed by atoms with Gasteiger partial charge in [0.15, 0.2) is 0 Å². The van der Waals surface area contributed by atoms with Crippen molar-refractivity contribution in [2.75, 3.05) is 0 Å². The van der Waals surface area contributed by atoms with E-state index >= 15 is 0 Å². The topological polar surface area (TPSA) is 65.0 Å². The smallest absolute Gasteiger partial charge is 0.342 e. The molecule has 5 rings (SSSR count). The third kappa shape index (κ3) is 3.30. The molecule has 0 spiro atoms. The van der Waals surface area contributed by atoms with Crippen LogP contribution in [0, 0.1) is 0 Å². The minimum Gasteiger partial charge on any atom is -0.489 e. The Morgan fingerprint density at radius 2 is 1.83 bits per heavy atom. The maximum Gasteiger partial charge on any atom is 0.342 e. The van der Waals surface area contributed by atoms with Gasteiger partial charge < -0.3 is 9.47 Å². The molecular weight excluding hydrogens is 422 g/mol. The third-order valence-corrected chi connectivity index (χ3v) is 7.58. The van der Waals surface area contributed by atoms with Crippen molar-refractivity contribution in [3.05, 3.63) is 65.2 Å². The lowest BCUT2D eigenvalue weighted by atomic mass is 9.54. The molecule has 2 aromatic rings. The van der Waals surface area contributed by atoms with Gasteiger partial charge in [0.1, 0.15) is 18.0 Å². The van der Waals surface area contributed by atoms with Gasteiger partial charge in [-0.25, -0.2) is 0 Å². The number of ether oxygens (including phenoxy) is 2. The Bertz CT molecular complexity index is 1100. The molecular formula is C23H24ClNO4S. The normalized spacial score (nSPS) is 28.9. The van der Waals surface area contributed by atoms with Gasteiger partial charge >= 0.3 is 9.24 Å². The second-order valence-electron chi connectivity index (χ2n) is 8.52. The second-order valence-corrected chi connectivity index (χ2v) is 10.7. The molecule has 158 valence electrons. The van der Waals surface area contributed by atoms with Gasteiger partial charge in [-0.1, -0.05) is 48.9 Å². The Kier molecular flexibility index (Phi) is 4.82. The summed E-state index contributed by atoms with van der Waals surface area (Å²) in [6.45, 7) is 0.517. The number of hydrogen-bond acceptors (Lipinski definition) is 4. The number of fused-ring (bicyclic) bond motifs is 1. The standard InChI is InChI=1S/C23H24ClNO4S/c24-30(26,27)25-21-15-22-12-4-5-13-23(22,29-21)14-11-18-19(22)9-6-10-20(18)28-16-17-7-2-1-3-8-17/h1-3,6-10H,4-5,11-16H2. The van der Waals surface area contributed by atoms with Crippen LogP contribution in [0.3, 0.4) is 0 Å². The van der Waals surface area contributed by atoms with Crippen molar-refractivity contribution in [2.45, 2.75) is 62.6 Å². The first kappa shape index (κ1) is 19.9. The monoisotopic (exact) mass is 445 g/mol. The van der Waals surface area contributed by atoms with Crippen molar-refractivity contribution in [3.63, 3.8) is 0 Å². The first-order valence-electron chi connectivity index (χ1n) is 10.4. The largest absolute Gasteiger partial charge is 0.489 e. The molecule has 0 amide bonds. The van der Waals surface area contributed by atoms with Crippen LogP contribution in [0.2, 0.25) is 0 Å². The molecule has 2 aliphatic carbocycles. The minimum absolute atomic E-state index is 0.246. The molecule has 1 heterocycles. The Morgan fingerprint density at radius 3 is 2.63 bits per heavy atom. The van der Waals surface area contributed by atoms with Crippen LogP contribution in [0.25, 0.3) is 0 Å². The third-order valence-electron chi connectivity index (χ3n) is 6.95. The van der Waals surface area contributed by atoms with E-state index in [1.165, 1.54) is 11.1 Å².